The summed E-state index contributed by atoms with van der Waals surface area (Å²) < 4.78 is 8.32. The second kappa shape index (κ2) is 6.03. The van der Waals surface area contributed by atoms with Crippen LogP contribution in [-0.4, -0.2) is 44.8 Å². The van der Waals surface area contributed by atoms with Crippen molar-refractivity contribution in [2.45, 2.75) is 18.9 Å². The standard InChI is InChI=1S/C18H20N4O2/c1-21-8-7-15-16(21)3-2-4-17(15)24-14-5-9-22(10-6-14)18(23)13-11-19-20-12-13/h2-4,7-8,11-12,14H,5-6,9-10H2,1H3,(H,19,20). The van der Waals surface area contributed by atoms with Gasteiger partial charge in [0.2, 0.25) is 0 Å². The number of aromatic amines is 1. The highest BCUT2D eigenvalue weighted by Gasteiger charge is 2.25. The molecule has 0 atom stereocenters. The van der Waals surface area contributed by atoms with Crippen LogP contribution in [0.5, 0.6) is 5.75 Å². The van der Waals surface area contributed by atoms with E-state index in [1.807, 2.05) is 30.3 Å². The van der Waals surface area contributed by atoms with Crippen LogP contribution in [0.3, 0.4) is 0 Å². The number of hydrogen-bond acceptors (Lipinski definition) is 3. The Morgan fingerprint density at radius 2 is 2.12 bits per heavy atom. The number of nitrogens with one attached hydrogen (secondary N) is 1. The molecular formula is C18H20N4O2. The lowest BCUT2D eigenvalue weighted by Crippen LogP contribution is -2.41. The van der Waals surface area contributed by atoms with Crippen molar-refractivity contribution >= 4 is 16.8 Å². The van der Waals surface area contributed by atoms with Crippen LogP contribution in [0, 0.1) is 0 Å². The maximum absolute atomic E-state index is 12.3. The predicted molar refractivity (Wildman–Crippen MR) is 91.1 cm³/mol. The number of H-pyrrole nitrogens is 1. The van der Waals surface area contributed by atoms with Crippen LogP contribution in [0.4, 0.5) is 0 Å². The third-order valence-electron chi connectivity index (χ3n) is 4.66. The topological polar surface area (TPSA) is 63.1 Å². The number of benzene rings is 1. The summed E-state index contributed by atoms with van der Waals surface area (Å²) in [7, 11) is 2.03. The highest BCUT2D eigenvalue weighted by atomic mass is 16.5. The average Bonchev–Trinajstić information content (AvgIpc) is 3.26. The highest BCUT2D eigenvalue weighted by Crippen LogP contribution is 2.28. The van der Waals surface area contributed by atoms with Crippen molar-refractivity contribution in [3.63, 3.8) is 0 Å². The molecular weight excluding hydrogens is 304 g/mol. The van der Waals surface area contributed by atoms with Gasteiger partial charge in [0.25, 0.3) is 5.91 Å². The van der Waals surface area contributed by atoms with Crippen molar-refractivity contribution in [2.75, 3.05) is 13.1 Å². The van der Waals surface area contributed by atoms with Crippen LogP contribution in [0.2, 0.25) is 0 Å². The van der Waals surface area contributed by atoms with Gasteiger partial charge in [0, 0.05) is 50.8 Å². The Hall–Kier alpha value is -2.76. The number of piperidine rings is 1. The molecule has 3 heterocycles. The number of carbonyl (C=O) groups is 1. The molecule has 0 aliphatic carbocycles. The van der Waals surface area contributed by atoms with Crippen LogP contribution >= 0.6 is 0 Å². The first-order valence-corrected chi connectivity index (χ1v) is 8.21. The van der Waals surface area contributed by atoms with Crippen molar-refractivity contribution in [1.82, 2.24) is 19.7 Å². The normalized spacial score (nSPS) is 15.8. The first kappa shape index (κ1) is 14.8. The van der Waals surface area contributed by atoms with E-state index in [0.29, 0.717) is 18.7 Å². The fourth-order valence-electron chi connectivity index (χ4n) is 3.28. The van der Waals surface area contributed by atoms with Crippen LogP contribution in [-0.2, 0) is 7.05 Å². The fraction of sp³-hybridized carbons (Fsp3) is 0.333. The molecule has 1 fully saturated rings. The Bertz CT molecular complexity index is 845. The van der Waals surface area contributed by atoms with E-state index < -0.39 is 0 Å². The summed E-state index contributed by atoms with van der Waals surface area (Å²) in [4.78, 5) is 14.2. The summed E-state index contributed by atoms with van der Waals surface area (Å²) >= 11 is 0. The minimum Gasteiger partial charge on any atom is -0.490 e. The summed E-state index contributed by atoms with van der Waals surface area (Å²) in [6.07, 6.45) is 7.08. The Labute approximate surface area is 140 Å². The van der Waals surface area contributed by atoms with Crippen LogP contribution in [0.1, 0.15) is 23.2 Å². The molecule has 4 rings (SSSR count). The van der Waals surface area contributed by atoms with Gasteiger partial charge in [0.1, 0.15) is 11.9 Å². The number of ether oxygens (including phenoxy) is 1. The molecule has 0 radical (unpaired) electrons. The monoisotopic (exact) mass is 324 g/mol. The van der Waals surface area contributed by atoms with Gasteiger partial charge >= 0.3 is 0 Å². The van der Waals surface area contributed by atoms with Gasteiger partial charge in [0.15, 0.2) is 0 Å². The van der Waals surface area contributed by atoms with E-state index in [1.54, 1.807) is 12.4 Å². The summed E-state index contributed by atoms with van der Waals surface area (Å²) in [5.74, 6) is 0.958. The molecule has 1 N–H and O–H groups in total. The zero-order chi connectivity index (χ0) is 16.5. The molecule has 0 unspecified atom stereocenters. The zero-order valence-corrected chi connectivity index (χ0v) is 13.6. The van der Waals surface area contributed by atoms with Gasteiger partial charge in [0.05, 0.1) is 17.3 Å². The summed E-state index contributed by atoms with van der Waals surface area (Å²) in [5.41, 5.74) is 1.78. The number of rotatable bonds is 3. The lowest BCUT2D eigenvalue weighted by atomic mass is 10.1. The molecule has 1 aliphatic rings. The minimum absolute atomic E-state index is 0.0346. The van der Waals surface area contributed by atoms with Crippen molar-refractivity contribution in [3.05, 3.63) is 48.4 Å². The molecule has 0 spiro atoms. The predicted octanol–water partition coefficient (Wildman–Crippen LogP) is 2.59. The van der Waals surface area contributed by atoms with E-state index in [2.05, 4.69) is 26.9 Å². The van der Waals surface area contributed by atoms with Gasteiger partial charge < -0.3 is 14.2 Å². The number of carbonyl (C=O) groups excluding carboxylic acids is 1. The second-order valence-electron chi connectivity index (χ2n) is 6.21. The van der Waals surface area contributed by atoms with Gasteiger partial charge in [-0.2, -0.15) is 5.10 Å². The fourth-order valence-corrected chi connectivity index (χ4v) is 3.28. The van der Waals surface area contributed by atoms with Gasteiger partial charge in [-0.25, -0.2) is 0 Å². The molecule has 1 saturated heterocycles. The van der Waals surface area contributed by atoms with Crippen molar-refractivity contribution in [1.29, 1.82) is 0 Å². The van der Waals surface area contributed by atoms with Gasteiger partial charge in [-0.3, -0.25) is 9.89 Å². The van der Waals surface area contributed by atoms with E-state index in [-0.39, 0.29) is 12.0 Å². The third kappa shape index (κ3) is 2.64. The lowest BCUT2D eigenvalue weighted by molar-refractivity contribution is 0.0598. The van der Waals surface area contributed by atoms with Crippen LogP contribution in [0.25, 0.3) is 10.9 Å². The zero-order valence-electron chi connectivity index (χ0n) is 13.6. The smallest absolute Gasteiger partial charge is 0.257 e. The largest absolute Gasteiger partial charge is 0.490 e. The molecule has 1 aliphatic heterocycles. The Morgan fingerprint density at radius 3 is 2.88 bits per heavy atom. The maximum Gasteiger partial charge on any atom is 0.257 e. The molecule has 0 saturated carbocycles. The van der Waals surface area contributed by atoms with Gasteiger partial charge in [-0.1, -0.05) is 6.07 Å². The van der Waals surface area contributed by atoms with Crippen molar-refractivity contribution < 1.29 is 9.53 Å². The molecule has 0 bridgehead atoms. The Kier molecular flexibility index (Phi) is 3.72. The van der Waals surface area contributed by atoms with E-state index in [4.69, 9.17) is 4.74 Å². The quantitative estimate of drug-likeness (QED) is 0.805. The summed E-state index contributed by atoms with van der Waals surface area (Å²) in [6.45, 7) is 1.42. The van der Waals surface area contributed by atoms with Crippen molar-refractivity contribution in [2.24, 2.45) is 7.05 Å². The number of aromatic nitrogens is 3. The van der Waals surface area contributed by atoms with Crippen molar-refractivity contribution in [3.8, 4) is 5.75 Å². The molecule has 2 aromatic heterocycles. The molecule has 1 amide bonds. The van der Waals surface area contributed by atoms with E-state index in [0.717, 1.165) is 24.0 Å². The molecule has 124 valence electrons. The summed E-state index contributed by atoms with van der Waals surface area (Å²) in [6, 6.07) is 8.22. The number of likely N-dealkylation sites (tertiary alicyclic amines) is 1. The van der Waals surface area contributed by atoms with E-state index >= 15 is 0 Å². The van der Waals surface area contributed by atoms with Gasteiger partial charge in [-0.05, 0) is 18.2 Å². The first-order valence-electron chi connectivity index (χ1n) is 8.21. The minimum atomic E-state index is 0.0346. The summed E-state index contributed by atoms with van der Waals surface area (Å²) in [5, 5.41) is 7.66. The third-order valence-corrected chi connectivity index (χ3v) is 4.66. The Balaban J connectivity index is 1.42. The highest BCUT2D eigenvalue weighted by molar-refractivity contribution is 5.93. The number of amides is 1. The molecule has 6 nitrogen and oxygen atoms in total. The number of nitrogens with zero attached hydrogens (tertiary/aromatic N) is 3. The number of aryl methyl sites for hydroxylation is 1. The molecule has 6 heteroatoms. The van der Waals surface area contributed by atoms with E-state index in [9.17, 15) is 4.79 Å². The van der Waals surface area contributed by atoms with Crippen LogP contribution in [0.15, 0.2) is 42.9 Å². The number of fused-ring (bicyclic) bond motifs is 1. The Morgan fingerprint density at radius 1 is 1.29 bits per heavy atom. The molecule has 24 heavy (non-hydrogen) atoms. The SMILES string of the molecule is Cn1ccc2c(OC3CCN(C(=O)c4cn[nH]c4)CC3)cccc21. The van der Waals surface area contributed by atoms with Crippen LogP contribution < -0.4 is 4.74 Å². The van der Waals surface area contributed by atoms with Gasteiger partial charge in [-0.15, -0.1) is 0 Å². The molecule has 1 aromatic carbocycles. The lowest BCUT2D eigenvalue weighted by Gasteiger charge is -2.32. The van der Waals surface area contributed by atoms with E-state index in [1.165, 1.54) is 5.52 Å². The molecule has 3 aromatic rings. The average molecular weight is 324 g/mol. The second-order valence-corrected chi connectivity index (χ2v) is 6.21. The number of hydrogen-bond donors (Lipinski definition) is 1. The first-order chi connectivity index (χ1) is 11.7. The maximum atomic E-state index is 12.3.